The summed E-state index contributed by atoms with van der Waals surface area (Å²) in [5, 5.41) is 5.89. The number of amides is 2. The van der Waals surface area contributed by atoms with Crippen LogP contribution in [0.3, 0.4) is 0 Å². The van der Waals surface area contributed by atoms with E-state index in [1.54, 1.807) is 32.4 Å². The molecule has 0 bridgehead atoms. The highest BCUT2D eigenvalue weighted by atomic mass is 16.5. The molecule has 5 heteroatoms. The summed E-state index contributed by atoms with van der Waals surface area (Å²) in [6.07, 6.45) is 0. The molecule has 2 aromatic carbocycles. The summed E-state index contributed by atoms with van der Waals surface area (Å²) in [5.74, 6) is 1.66. The van der Waals surface area contributed by atoms with Crippen molar-refractivity contribution in [2.75, 3.05) is 24.9 Å². The highest BCUT2D eigenvalue weighted by molar-refractivity contribution is 6.02. The molecular weight excluding hydrogens is 328 g/mol. The van der Waals surface area contributed by atoms with Gasteiger partial charge in [-0.15, -0.1) is 0 Å². The molecule has 0 aliphatic carbocycles. The van der Waals surface area contributed by atoms with Crippen molar-refractivity contribution in [1.29, 1.82) is 0 Å². The van der Waals surface area contributed by atoms with Crippen LogP contribution in [0.15, 0.2) is 36.4 Å². The maximum atomic E-state index is 12.7. The quantitative estimate of drug-likeness (QED) is 0.709. The Labute approximate surface area is 155 Å². The highest BCUT2D eigenvalue weighted by Gasteiger charge is 2.17. The fourth-order valence-electron chi connectivity index (χ4n) is 2.95. The molecule has 0 heterocycles. The third-order valence-electron chi connectivity index (χ3n) is 4.26. The van der Waals surface area contributed by atoms with E-state index in [0.717, 1.165) is 16.8 Å². The van der Waals surface area contributed by atoms with E-state index in [9.17, 15) is 4.79 Å². The molecule has 0 unspecified atom stereocenters. The normalized spacial score (nSPS) is 10.8. The topological polar surface area (TPSA) is 59.6 Å². The van der Waals surface area contributed by atoms with E-state index in [1.807, 2.05) is 6.07 Å². The Morgan fingerprint density at radius 2 is 1.42 bits per heavy atom. The third kappa shape index (κ3) is 4.28. The Morgan fingerprint density at radius 3 is 1.92 bits per heavy atom. The fraction of sp³-hybridized carbons (Fsp3) is 0.381. The van der Waals surface area contributed by atoms with Gasteiger partial charge in [-0.1, -0.05) is 52.0 Å². The molecular formula is C21H28N2O3. The van der Waals surface area contributed by atoms with Crippen molar-refractivity contribution in [2.45, 2.75) is 39.5 Å². The average Bonchev–Trinajstić information content (AvgIpc) is 2.61. The summed E-state index contributed by atoms with van der Waals surface area (Å²) in [5.41, 5.74) is 3.65. The monoisotopic (exact) mass is 356 g/mol. The van der Waals surface area contributed by atoms with Crippen molar-refractivity contribution in [3.05, 3.63) is 47.5 Å². The molecule has 26 heavy (non-hydrogen) atoms. The van der Waals surface area contributed by atoms with Crippen molar-refractivity contribution < 1.29 is 14.3 Å². The first-order valence-electron chi connectivity index (χ1n) is 8.80. The first-order chi connectivity index (χ1) is 12.4. The first-order valence-corrected chi connectivity index (χ1v) is 8.80. The third-order valence-corrected chi connectivity index (χ3v) is 4.26. The molecule has 0 radical (unpaired) electrons. The number of para-hydroxylation sites is 2. The maximum Gasteiger partial charge on any atom is 0.323 e. The molecule has 0 fully saturated rings. The second kappa shape index (κ2) is 8.61. The van der Waals surface area contributed by atoms with Crippen LogP contribution in [-0.2, 0) is 0 Å². The number of anilines is 2. The maximum absolute atomic E-state index is 12.7. The highest BCUT2D eigenvalue weighted by Crippen LogP contribution is 2.36. The number of carbonyl (C=O) groups is 1. The van der Waals surface area contributed by atoms with Crippen LogP contribution in [0.4, 0.5) is 16.2 Å². The molecule has 0 saturated heterocycles. The minimum Gasteiger partial charge on any atom is -0.493 e. The van der Waals surface area contributed by atoms with Gasteiger partial charge in [-0.05, 0) is 35.1 Å². The Morgan fingerprint density at radius 1 is 0.846 bits per heavy atom. The molecule has 0 aliphatic rings. The molecule has 2 aromatic rings. The van der Waals surface area contributed by atoms with E-state index in [4.69, 9.17) is 9.47 Å². The number of nitrogens with one attached hydrogen (secondary N) is 2. The molecule has 2 N–H and O–H groups in total. The lowest BCUT2D eigenvalue weighted by molar-refractivity contribution is 0.262. The Kier molecular flexibility index (Phi) is 6.50. The van der Waals surface area contributed by atoms with Crippen molar-refractivity contribution in [3.8, 4) is 11.5 Å². The van der Waals surface area contributed by atoms with Crippen LogP contribution in [0.5, 0.6) is 11.5 Å². The largest absolute Gasteiger partial charge is 0.493 e. The number of urea groups is 1. The first kappa shape index (κ1) is 19.6. The lowest BCUT2D eigenvalue weighted by Gasteiger charge is -2.21. The van der Waals surface area contributed by atoms with Gasteiger partial charge in [0.1, 0.15) is 0 Å². The second-order valence-corrected chi connectivity index (χ2v) is 6.74. The summed E-state index contributed by atoms with van der Waals surface area (Å²) in [6, 6.07) is 11.2. The van der Waals surface area contributed by atoms with E-state index >= 15 is 0 Å². The molecule has 2 amide bonds. The van der Waals surface area contributed by atoms with E-state index in [0.29, 0.717) is 29.0 Å². The van der Waals surface area contributed by atoms with Crippen molar-refractivity contribution >= 4 is 17.4 Å². The second-order valence-electron chi connectivity index (χ2n) is 6.74. The van der Waals surface area contributed by atoms with E-state index in [-0.39, 0.29) is 6.03 Å². The van der Waals surface area contributed by atoms with Gasteiger partial charge in [-0.2, -0.15) is 0 Å². The zero-order chi connectivity index (χ0) is 19.3. The van der Waals surface area contributed by atoms with Gasteiger partial charge in [0, 0.05) is 5.69 Å². The van der Waals surface area contributed by atoms with E-state index < -0.39 is 0 Å². The van der Waals surface area contributed by atoms with Gasteiger partial charge in [0.05, 0.1) is 19.9 Å². The van der Waals surface area contributed by atoms with Crippen LogP contribution in [0.25, 0.3) is 0 Å². The van der Waals surface area contributed by atoms with Crippen LogP contribution in [0.1, 0.15) is 50.7 Å². The van der Waals surface area contributed by atoms with Gasteiger partial charge >= 0.3 is 6.03 Å². The van der Waals surface area contributed by atoms with Crippen LogP contribution in [0, 0.1) is 0 Å². The Hall–Kier alpha value is -2.69. The number of rotatable bonds is 6. The number of hydrogen-bond acceptors (Lipinski definition) is 3. The van der Waals surface area contributed by atoms with Gasteiger partial charge in [-0.25, -0.2) is 4.79 Å². The summed E-state index contributed by atoms with van der Waals surface area (Å²) in [4.78, 5) is 12.7. The van der Waals surface area contributed by atoms with Gasteiger partial charge in [0.25, 0.3) is 0 Å². The van der Waals surface area contributed by atoms with Gasteiger partial charge < -0.3 is 20.1 Å². The van der Waals surface area contributed by atoms with Crippen molar-refractivity contribution in [1.82, 2.24) is 0 Å². The lowest BCUT2D eigenvalue weighted by Crippen LogP contribution is -2.22. The molecule has 0 aliphatic heterocycles. The van der Waals surface area contributed by atoms with Gasteiger partial charge in [0.2, 0.25) is 0 Å². The standard InChI is InChI=1S/C21H28N2O3/c1-13(2)15-9-7-10-16(14(3)4)19(15)23-21(24)22-17-11-8-12-18(25-5)20(17)26-6/h7-14H,1-6H3,(H2,22,23,24). The Balaban J connectivity index is 2.32. The molecule has 0 saturated carbocycles. The minimum atomic E-state index is -0.313. The fourth-order valence-corrected chi connectivity index (χ4v) is 2.95. The van der Waals surface area contributed by atoms with Crippen molar-refractivity contribution in [3.63, 3.8) is 0 Å². The van der Waals surface area contributed by atoms with Gasteiger partial charge in [-0.3, -0.25) is 0 Å². The zero-order valence-electron chi connectivity index (χ0n) is 16.3. The van der Waals surface area contributed by atoms with E-state index in [1.165, 1.54) is 0 Å². The lowest BCUT2D eigenvalue weighted by atomic mass is 9.93. The summed E-state index contributed by atoms with van der Waals surface area (Å²) < 4.78 is 10.7. The smallest absolute Gasteiger partial charge is 0.323 e. The number of ether oxygens (including phenoxy) is 2. The molecule has 0 spiro atoms. The predicted octanol–water partition coefficient (Wildman–Crippen LogP) is 5.59. The zero-order valence-corrected chi connectivity index (χ0v) is 16.3. The molecule has 0 atom stereocenters. The summed E-state index contributed by atoms with van der Waals surface area (Å²) in [7, 11) is 3.11. The van der Waals surface area contributed by atoms with Crippen LogP contribution in [-0.4, -0.2) is 20.3 Å². The molecule has 5 nitrogen and oxygen atoms in total. The SMILES string of the molecule is COc1cccc(NC(=O)Nc2c(C(C)C)cccc2C(C)C)c1OC. The molecule has 2 rings (SSSR count). The number of carbonyl (C=O) groups excluding carboxylic acids is 1. The van der Waals surface area contributed by atoms with Crippen LogP contribution in [0.2, 0.25) is 0 Å². The predicted molar refractivity (Wildman–Crippen MR) is 107 cm³/mol. The van der Waals surface area contributed by atoms with Crippen LogP contribution >= 0.6 is 0 Å². The van der Waals surface area contributed by atoms with E-state index in [2.05, 4.69) is 50.5 Å². The minimum absolute atomic E-state index is 0.301. The van der Waals surface area contributed by atoms with Gasteiger partial charge in [0.15, 0.2) is 11.5 Å². The summed E-state index contributed by atoms with van der Waals surface area (Å²) in [6.45, 7) is 8.47. The molecule has 140 valence electrons. The molecule has 0 aromatic heterocycles. The summed E-state index contributed by atoms with van der Waals surface area (Å²) >= 11 is 0. The number of methoxy groups -OCH3 is 2. The average molecular weight is 356 g/mol. The van der Waals surface area contributed by atoms with Crippen LogP contribution < -0.4 is 20.1 Å². The Bertz CT molecular complexity index is 744. The van der Waals surface area contributed by atoms with Crippen molar-refractivity contribution in [2.24, 2.45) is 0 Å². The number of benzene rings is 2. The number of hydrogen-bond donors (Lipinski definition) is 2.